The van der Waals surface area contributed by atoms with Gasteiger partial charge in [-0.15, -0.1) is 0 Å². The fourth-order valence-electron chi connectivity index (χ4n) is 2.99. The van der Waals surface area contributed by atoms with E-state index in [9.17, 15) is 18.0 Å². The maximum atomic E-state index is 12.8. The number of carbonyl (C=O) groups is 2. The van der Waals surface area contributed by atoms with E-state index >= 15 is 0 Å². The van der Waals surface area contributed by atoms with Gasteiger partial charge in [-0.05, 0) is 54.6 Å². The zero-order chi connectivity index (χ0) is 23.4. The van der Waals surface area contributed by atoms with Crippen LogP contribution in [0.2, 0.25) is 5.02 Å². The Labute approximate surface area is 194 Å². The molecule has 0 aliphatic carbocycles. The van der Waals surface area contributed by atoms with Gasteiger partial charge in [-0.2, -0.15) is 0 Å². The van der Waals surface area contributed by atoms with Crippen molar-refractivity contribution in [2.75, 3.05) is 17.9 Å². The lowest BCUT2D eigenvalue weighted by Gasteiger charge is -2.19. The molecule has 4 rings (SSSR count). The first kappa shape index (κ1) is 22.4. The molecule has 1 aliphatic heterocycles. The number of hydrogen-bond acceptors (Lipinski definition) is 6. The van der Waals surface area contributed by atoms with Gasteiger partial charge in [-0.1, -0.05) is 17.7 Å². The predicted molar refractivity (Wildman–Crippen MR) is 121 cm³/mol. The Morgan fingerprint density at radius 1 is 0.788 bits per heavy atom. The number of carbonyl (C=O) groups excluding carboxylic acids is 2. The van der Waals surface area contributed by atoms with Gasteiger partial charge in [0.05, 0.1) is 4.90 Å². The normalized spacial score (nSPS) is 12.5. The highest BCUT2D eigenvalue weighted by atomic mass is 35.5. The Morgan fingerprint density at radius 2 is 1.45 bits per heavy atom. The molecule has 1 aliphatic rings. The number of ether oxygens (including phenoxy) is 2. The summed E-state index contributed by atoms with van der Waals surface area (Å²) in [7, 11) is -3.95. The summed E-state index contributed by atoms with van der Waals surface area (Å²) in [5.74, 6) is -0.346. The highest BCUT2D eigenvalue weighted by molar-refractivity contribution is 7.92. The first-order valence-electron chi connectivity index (χ1n) is 9.71. The maximum absolute atomic E-state index is 12.8. The average molecular weight is 488 g/mol. The Hall–Kier alpha value is -3.76. The largest absolute Gasteiger partial charge is 0.486 e. The van der Waals surface area contributed by atoms with Gasteiger partial charge in [0.15, 0.2) is 11.5 Å². The van der Waals surface area contributed by atoms with Gasteiger partial charge in [-0.3, -0.25) is 25.2 Å². The molecule has 0 aromatic heterocycles. The molecule has 9 nitrogen and oxygen atoms in total. The summed E-state index contributed by atoms with van der Waals surface area (Å²) < 4.78 is 38.8. The van der Waals surface area contributed by atoms with E-state index in [1.54, 1.807) is 12.1 Å². The summed E-state index contributed by atoms with van der Waals surface area (Å²) in [5.41, 5.74) is 5.19. The van der Waals surface area contributed by atoms with Gasteiger partial charge in [0.2, 0.25) is 0 Å². The summed E-state index contributed by atoms with van der Waals surface area (Å²) in [4.78, 5) is 24.5. The van der Waals surface area contributed by atoms with Crippen LogP contribution in [0.4, 0.5) is 5.69 Å². The number of nitrogens with one attached hydrogen (secondary N) is 3. The molecule has 0 bridgehead atoms. The molecule has 3 aromatic carbocycles. The molecular weight excluding hydrogens is 470 g/mol. The summed E-state index contributed by atoms with van der Waals surface area (Å²) in [5, 5.41) is 0.478. The molecule has 0 spiro atoms. The van der Waals surface area contributed by atoms with Gasteiger partial charge in [0.25, 0.3) is 21.8 Å². The average Bonchev–Trinajstić information content (AvgIpc) is 2.82. The van der Waals surface area contributed by atoms with Crippen LogP contribution in [0.5, 0.6) is 11.5 Å². The second kappa shape index (κ2) is 9.39. The third-order valence-electron chi connectivity index (χ3n) is 4.60. The van der Waals surface area contributed by atoms with Crippen molar-refractivity contribution in [1.82, 2.24) is 10.9 Å². The number of halogens is 1. The van der Waals surface area contributed by atoms with E-state index in [1.165, 1.54) is 54.6 Å². The molecule has 3 N–H and O–H groups in total. The molecular formula is C22H18ClN3O6S. The van der Waals surface area contributed by atoms with E-state index in [2.05, 4.69) is 15.6 Å². The second-order valence-corrected chi connectivity index (χ2v) is 9.03. The third-order valence-corrected chi connectivity index (χ3v) is 6.23. The number of benzene rings is 3. The molecule has 0 atom stereocenters. The van der Waals surface area contributed by atoms with Crippen molar-refractivity contribution in [3.63, 3.8) is 0 Å². The third kappa shape index (κ3) is 5.36. The van der Waals surface area contributed by atoms with Crippen molar-refractivity contribution in [2.45, 2.75) is 4.90 Å². The highest BCUT2D eigenvalue weighted by Crippen LogP contribution is 2.32. The Bertz CT molecular complexity index is 1310. The number of amides is 2. The van der Waals surface area contributed by atoms with Crippen LogP contribution in [0.1, 0.15) is 20.7 Å². The summed E-state index contributed by atoms with van der Waals surface area (Å²) >= 11 is 5.79. The minimum atomic E-state index is -3.95. The number of hydrazine groups is 1. The number of rotatable bonds is 5. The summed E-state index contributed by atoms with van der Waals surface area (Å²) in [6, 6.07) is 16.3. The first-order valence-corrected chi connectivity index (χ1v) is 11.6. The van der Waals surface area contributed by atoms with Crippen LogP contribution in [0.15, 0.2) is 71.6 Å². The highest BCUT2D eigenvalue weighted by Gasteiger charge is 2.20. The number of fused-ring (bicyclic) bond motifs is 1. The Kier molecular flexibility index (Phi) is 6.38. The zero-order valence-corrected chi connectivity index (χ0v) is 18.6. The molecule has 0 radical (unpaired) electrons. The fourth-order valence-corrected chi connectivity index (χ4v) is 4.18. The lowest BCUT2D eigenvalue weighted by molar-refractivity contribution is 0.0846. The number of anilines is 1. The molecule has 0 saturated heterocycles. The lowest BCUT2D eigenvalue weighted by atomic mass is 10.2. The molecule has 2 amide bonds. The van der Waals surface area contributed by atoms with Crippen LogP contribution < -0.4 is 25.0 Å². The van der Waals surface area contributed by atoms with Crippen molar-refractivity contribution < 1.29 is 27.5 Å². The van der Waals surface area contributed by atoms with Gasteiger partial charge in [0.1, 0.15) is 13.2 Å². The van der Waals surface area contributed by atoms with Crippen molar-refractivity contribution in [2.24, 2.45) is 0 Å². The van der Waals surface area contributed by atoms with Crippen LogP contribution in [0.25, 0.3) is 0 Å². The SMILES string of the molecule is O=C(NNC(=O)c1cccc(NS(=O)(=O)c2ccc3c(c2)OCCO3)c1)c1ccc(Cl)cc1. The van der Waals surface area contributed by atoms with E-state index in [-0.39, 0.29) is 16.1 Å². The topological polar surface area (TPSA) is 123 Å². The lowest BCUT2D eigenvalue weighted by Crippen LogP contribution is -2.41. The molecule has 0 unspecified atom stereocenters. The van der Waals surface area contributed by atoms with Gasteiger partial charge < -0.3 is 9.47 Å². The van der Waals surface area contributed by atoms with Gasteiger partial charge >= 0.3 is 0 Å². The van der Waals surface area contributed by atoms with Crippen molar-refractivity contribution in [1.29, 1.82) is 0 Å². The van der Waals surface area contributed by atoms with Crippen molar-refractivity contribution in [3.05, 3.63) is 82.9 Å². The Morgan fingerprint density at radius 3 is 2.18 bits per heavy atom. The maximum Gasteiger partial charge on any atom is 0.269 e. The van der Waals surface area contributed by atoms with Crippen LogP contribution in [-0.2, 0) is 10.0 Å². The molecule has 11 heteroatoms. The molecule has 3 aromatic rings. The predicted octanol–water partition coefficient (Wildman–Crippen LogP) is 2.99. The van der Waals surface area contributed by atoms with Crippen molar-refractivity contribution in [3.8, 4) is 11.5 Å². The minimum absolute atomic E-state index is 0.0168. The zero-order valence-electron chi connectivity index (χ0n) is 17.0. The smallest absolute Gasteiger partial charge is 0.269 e. The standard InChI is InChI=1S/C22H18ClN3O6S/c23-16-6-4-14(5-7-16)21(27)24-25-22(28)15-2-1-3-17(12-15)26-33(29,30)18-8-9-19-20(13-18)32-11-10-31-19/h1-9,12-13,26H,10-11H2,(H,24,27)(H,25,28). The van der Waals surface area contributed by atoms with E-state index in [0.29, 0.717) is 35.3 Å². The Balaban J connectivity index is 1.43. The number of sulfonamides is 1. The van der Waals surface area contributed by atoms with Crippen LogP contribution >= 0.6 is 11.6 Å². The molecule has 33 heavy (non-hydrogen) atoms. The first-order chi connectivity index (χ1) is 15.8. The molecule has 0 fully saturated rings. The number of hydrogen-bond donors (Lipinski definition) is 3. The molecule has 1 heterocycles. The molecule has 170 valence electrons. The van der Waals surface area contributed by atoms with Gasteiger partial charge in [-0.25, -0.2) is 8.42 Å². The van der Waals surface area contributed by atoms with E-state index in [0.717, 1.165) is 0 Å². The summed E-state index contributed by atoms with van der Waals surface area (Å²) in [6.45, 7) is 0.724. The summed E-state index contributed by atoms with van der Waals surface area (Å²) in [6.07, 6.45) is 0. The monoisotopic (exact) mass is 487 g/mol. The van der Waals surface area contributed by atoms with Crippen molar-refractivity contribution >= 4 is 39.1 Å². The van der Waals surface area contributed by atoms with Crippen LogP contribution in [0.3, 0.4) is 0 Å². The van der Waals surface area contributed by atoms with Crippen LogP contribution in [-0.4, -0.2) is 33.4 Å². The van der Waals surface area contributed by atoms with Gasteiger partial charge in [0, 0.05) is 27.9 Å². The van der Waals surface area contributed by atoms with E-state index in [4.69, 9.17) is 21.1 Å². The second-order valence-electron chi connectivity index (χ2n) is 6.91. The van der Waals surface area contributed by atoms with E-state index < -0.39 is 21.8 Å². The fraction of sp³-hybridized carbons (Fsp3) is 0.0909. The quantitative estimate of drug-likeness (QED) is 0.475. The molecule has 0 saturated carbocycles. The minimum Gasteiger partial charge on any atom is -0.486 e. The van der Waals surface area contributed by atoms with Crippen LogP contribution in [0, 0.1) is 0 Å². The van der Waals surface area contributed by atoms with E-state index in [1.807, 2.05) is 0 Å².